The van der Waals surface area contributed by atoms with Crippen LogP contribution in [0.3, 0.4) is 0 Å². The van der Waals surface area contributed by atoms with E-state index >= 15 is 0 Å². The minimum Gasteiger partial charge on any atom is -0.393 e. The van der Waals surface area contributed by atoms with E-state index in [0.717, 1.165) is 17.6 Å². The van der Waals surface area contributed by atoms with Crippen LogP contribution in [0.4, 0.5) is 0 Å². The number of hydrogen-bond donors (Lipinski definition) is 3. The molecule has 3 heteroatoms. The van der Waals surface area contributed by atoms with Crippen LogP contribution in [0.25, 0.3) is 0 Å². The molecule has 0 aromatic heterocycles. The Kier molecular flexibility index (Phi) is 6.44. The third-order valence-corrected chi connectivity index (χ3v) is 8.65. The molecule has 4 fully saturated rings. The fourth-order valence-corrected chi connectivity index (χ4v) is 6.63. The Hall–Kier alpha value is -1.16. The van der Waals surface area contributed by atoms with Crippen molar-refractivity contribution < 1.29 is 15.3 Å². The van der Waals surface area contributed by atoms with Gasteiger partial charge in [0.05, 0.1) is 18.3 Å². The fraction of sp³-hybridized carbons (Fsp3) is 0.704. The summed E-state index contributed by atoms with van der Waals surface area (Å²) < 4.78 is 0. The fourth-order valence-electron chi connectivity index (χ4n) is 6.63. The Labute approximate surface area is 182 Å². The maximum Gasteiger partial charge on any atom is 0.0811 e. The summed E-state index contributed by atoms with van der Waals surface area (Å²) in [6, 6.07) is 0. The highest BCUT2D eigenvalue weighted by Crippen LogP contribution is 2.59. The molecular weight excluding hydrogens is 372 g/mol. The molecular formula is C27H40O3. The van der Waals surface area contributed by atoms with Gasteiger partial charge in [0.1, 0.15) is 0 Å². The van der Waals surface area contributed by atoms with Crippen molar-refractivity contribution >= 4 is 0 Å². The molecule has 0 radical (unpaired) electrons. The second kappa shape index (κ2) is 8.76. The molecule has 166 valence electrons. The van der Waals surface area contributed by atoms with Gasteiger partial charge in [-0.25, -0.2) is 0 Å². The van der Waals surface area contributed by atoms with Crippen molar-refractivity contribution in [3.8, 4) is 0 Å². The number of aliphatic hydroxyl groups is 3. The lowest BCUT2D eigenvalue weighted by atomic mass is 9.61. The molecule has 0 aromatic rings. The van der Waals surface area contributed by atoms with Gasteiger partial charge in [-0.2, -0.15) is 0 Å². The van der Waals surface area contributed by atoms with Gasteiger partial charge in [-0.1, -0.05) is 50.3 Å². The van der Waals surface area contributed by atoms with Crippen molar-refractivity contribution in [1.82, 2.24) is 0 Å². The van der Waals surface area contributed by atoms with Gasteiger partial charge in [-0.05, 0) is 91.6 Å². The maximum atomic E-state index is 10.2. The molecule has 0 bridgehead atoms. The standard InChI is InChI=1S/C27H40O3/c1-17(6-13-25(29)20-8-9-20)23-11-12-24-19(5-4-14-27(23,24)3)7-10-21-15-22(28)16-26(30)18(21)2/h6-7,10,13,17,20,22-26,28-30H,2,4-5,8-9,11-12,14-16H2,1,3H3/b13-6+,19-7+,21-10+/t17-,22+,23+,24-,25-,26-,27+/m0/s1. The lowest BCUT2D eigenvalue weighted by Gasteiger charge is -2.44. The van der Waals surface area contributed by atoms with Gasteiger partial charge in [0.15, 0.2) is 0 Å². The number of fused-ring (bicyclic) bond motifs is 1. The highest BCUT2D eigenvalue weighted by Gasteiger charge is 2.50. The predicted molar refractivity (Wildman–Crippen MR) is 122 cm³/mol. The molecule has 4 rings (SSSR count). The number of allylic oxidation sites excluding steroid dienone is 4. The lowest BCUT2D eigenvalue weighted by molar-refractivity contribution is 0.0862. The van der Waals surface area contributed by atoms with E-state index in [2.05, 4.69) is 44.7 Å². The van der Waals surface area contributed by atoms with Crippen molar-refractivity contribution in [1.29, 1.82) is 0 Å². The van der Waals surface area contributed by atoms with Crippen molar-refractivity contribution in [2.24, 2.45) is 29.1 Å². The van der Waals surface area contributed by atoms with Crippen molar-refractivity contribution in [2.75, 3.05) is 0 Å². The Morgan fingerprint density at radius 2 is 1.87 bits per heavy atom. The van der Waals surface area contributed by atoms with Crippen molar-refractivity contribution in [3.05, 3.63) is 47.6 Å². The average Bonchev–Trinajstić information content (AvgIpc) is 3.49. The van der Waals surface area contributed by atoms with Crippen LogP contribution in [0.2, 0.25) is 0 Å². The van der Waals surface area contributed by atoms with E-state index in [1.54, 1.807) is 0 Å². The van der Waals surface area contributed by atoms with Crippen LogP contribution in [0.1, 0.15) is 71.6 Å². The maximum absolute atomic E-state index is 10.2. The largest absolute Gasteiger partial charge is 0.393 e. The minimum absolute atomic E-state index is 0.250. The van der Waals surface area contributed by atoms with Crippen LogP contribution in [0, 0.1) is 29.1 Å². The van der Waals surface area contributed by atoms with Gasteiger partial charge in [0, 0.05) is 6.42 Å². The van der Waals surface area contributed by atoms with E-state index in [9.17, 15) is 15.3 Å². The summed E-state index contributed by atoms with van der Waals surface area (Å²) in [6.07, 6.45) is 16.9. The summed E-state index contributed by atoms with van der Waals surface area (Å²) in [5.41, 5.74) is 3.63. The average molecular weight is 413 g/mol. The smallest absolute Gasteiger partial charge is 0.0811 e. The molecule has 3 nitrogen and oxygen atoms in total. The summed E-state index contributed by atoms with van der Waals surface area (Å²) in [5.74, 6) is 2.28. The highest BCUT2D eigenvalue weighted by atomic mass is 16.3. The summed E-state index contributed by atoms with van der Waals surface area (Å²) in [6.45, 7) is 8.88. The van der Waals surface area contributed by atoms with E-state index in [4.69, 9.17) is 0 Å². The van der Waals surface area contributed by atoms with E-state index in [1.165, 1.54) is 44.1 Å². The minimum atomic E-state index is -0.621. The zero-order valence-electron chi connectivity index (χ0n) is 18.8. The monoisotopic (exact) mass is 412 g/mol. The second-order valence-electron chi connectivity index (χ2n) is 10.7. The molecule has 0 unspecified atom stereocenters. The van der Waals surface area contributed by atoms with Gasteiger partial charge in [-0.3, -0.25) is 0 Å². The first kappa shape index (κ1) is 22.0. The normalized spacial score (nSPS) is 42.1. The molecule has 4 aliphatic rings. The molecule has 7 atom stereocenters. The first-order valence-electron chi connectivity index (χ1n) is 12.1. The lowest BCUT2D eigenvalue weighted by Crippen LogP contribution is -2.35. The molecule has 0 aromatic carbocycles. The summed E-state index contributed by atoms with van der Waals surface area (Å²) in [7, 11) is 0. The Morgan fingerprint density at radius 3 is 2.60 bits per heavy atom. The van der Waals surface area contributed by atoms with E-state index in [0.29, 0.717) is 41.9 Å². The van der Waals surface area contributed by atoms with Gasteiger partial charge >= 0.3 is 0 Å². The molecule has 0 heterocycles. The highest BCUT2D eigenvalue weighted by molar-refractivity contribution is 5.38. The second-order valence-corrected chi connectivity index (χ2v) is 10.7. The predicted octanol–water partition coefficient (Wildman–Crippen LogP) is 5.09. The molecule has 0 spiro atoms. The first-order chi connectivity index (χ1) is 14.3. The van der Waals surface area contributed by atoms with Crippen LogP contribution in [-0.4, -0.2) is 33.6 Å². The molecule has 0 amide bonds. The third-order valence-electron chi connectivity index (χ3n) is 8.65. The number of aliphatic hydroxyl groups excluding tert-OH is 3. The van der Waals surface area contributed by atoms with Crippen LogP contribution >= 0.6 is 0 Å². The van der Waals surface area contributed by atoms with E-state index in [1.807, 2.05) is 0 Å². The quantitative estimate of drug-likeness (QED) is 0.551. The van der Waals surface area contributed by atoms with Gasteiger partial charge in [-0.15, -0.1) is 0 Å². The van der Waals surface area contributed by atoms with Crippen LogP contribution < -0.4 is 0 Å². The van der Waals surface area contributed by atoms with Crippen molar-refractivity contribution in [3.63, 3.8) is 0 Å². The zero-order valence-corrected chi connectivity index (χ0v) is 18.8. The summed E-state index contributed by atoms with van der Waals surface area (Å²) in [4.78, 5) is 0. The SMILES string of the molecule is C=C1/C(=C/C=C2\CCC[C@]3(C)[C@@H]([C@@H](C)/C=C/[C@H](O)C4CC4)CC[C@@H]23)C[C@@H](O)C[C@@H]1O. The molecule has 0 saturated heterocycles. The van der Waals surface area contributed by atoms with Gasteiger partial charge < -0.3 is 15.3 Å². The van der Waals surface area contributed by atoms with Crippen molar-refractivity contribution in [2.45, 2.75) is 89.9 Å². The molecule has 3 N–H and O–H groups in total. The van der Waals surface area contributed by atoms with Gasteiger partial charge in [0.2, 0.25) is 0 Å². The number of rotatable bonds is 5. The summed E-state index contributed by atoms with van der Waals surface area (Å²) >= 11 is 0. The first-order valence-corrected chi connectivity index (χ1v) is 12.1. The Morgan fingerprint density at radius 1 is 1.10 bits per heavy atom. The zero-order chi connectivity index (χ0) is 21.5. The van der Waals surface area contributed by atoms with Crippen LogP contribution in [0.5, 0.6) is 0 Å². The number of hydrogen-bond acceptors (Lipinski definition) is 3. The van der Waals surface area contributed by atoms with Gasteiger partial charge in [0.25, 0.3) is 0 Å². The Bertz CT molecular complexity index is 743. The Balaban J connectivity index is 1.48. The molecule has 4 saturated carbocycles. The molecule has 0 aliphatic heterocycles. The van der Waals surface area contributed by atoms with Crippen LogP contribution in [0.15, 0.2) is 47.6 Å². The topological polar surface area (TPSA) is 60.7 Å². The molecule has 4 aliphatic carbocycles. The summed E-state index contributed by atoms with van der Waals surface area (Å²) in [5, 5.41) is 30.4. The van der Waals surface area contributed by atoms with E-state index < -0.39 is 12.2 Å². The van der Waals surface area contributed by atoms with E-state index in [-0.39, 0.29) is 6.10 Å². The molecule has 30 heavy (non-hydrogen) atoms. The third kappa shape index (κ3) is 4.40. The van der Waals surface area contributed by atoms with Crippen LogP contribution in [-0.2, 0) is 0 Å².